The molecule has 0 spiro atoms. The zero-order chi connectivity index (χ0) is 13.5. The molecule has 1 aromatic rings. The number of halogens is 3. The minimum atomic E-state index is -0.497. The van der Waals surface area contributed by atoms with Gasteiger partial charge in [-0.25, -0.2) is 5.06 Å². The van der Waals surface area contributed by atoms with Crippen LogP contribution in [0, 0.1) is 5.41 Å². The normalized spacial score (nSPS) is 18.5. The molecule has 0 bridgehead atoms. The van der Waals surface area contributed by atoms with Gasteiger partial charge in [0.15, 0.2) is 0 Å². The summed E-state index contributed by atoms with van der Waals surface area (Å²) >= 11 is 17.8. The van der Waals surface area contributed by atoms with Crippen LogP contribution < -0.4 is 0 Å². The molecule has 6 heteroatoms. The van der Waals surface area contributed by atoms with Crippen molar-refractivity contribution >= 4 is 40.7 Å². The van der Waals surface area contributed by atoms with Crippen molar-refractivity contribution in [2.75, 3.05) is 6.61 Å². The molecule has 1 amide bonds. The summed E-state index contributed by atoms with van der Waals surface area (Å²) in [5, 5.41) is 2.57. The predicted octanol–water partition coefficient (Wildman–Crippen LogP) is 3.95. The number of hydrogen-bond acceptors (Lipinski definition) is 2. The van der Waals surface area contributed by atoms with Gasteiger partial charge in [-0.05, 0) is 31.5 Å². The molecular formula is C12H12Cl3NO2. The molecule has 0 saturated carbocycles. The van der Waals surface area contributed by atoms with Crippen molar-refractivity contribution in [1.29, 1.82) is 0 Å². The van der Waals surface area contributed by atoms with Crippen molar-refractivity contribution in [3.63, 3.8) is 0 Å². The molecule has 0 aliphatic carbocycles. The van der Waals surface area contributed by atoms with Crippen LogP contribution in [-0.2, 0) is 16.2 Å². The summed E-state index contributed by atoms with van der Waals surface area (Å²) in [5.41, 5.74) is 0.208. The third kappa shape index (κ3) is 2.59. The summed E-state index contributed by atoms with van der Waals surface area (Å²) in [6.45, 7) is 4.31. The van der Waals surface area contributed by atoms with E-state index in [1.807, 2.05) is 13.8 Å². The SMILES string of the molecule is CC1(C)CON(Cc2cc(Cl)c(Cl)cc2Cl)C1=O. The highest BCUT2D eigenvalue weighted by Gasteiger charge is 2.40. The molecule has 1 saturated heterocycles. The van der Waals surface area contributed by atoms with Gasteiger partial charge in [-0.3, -0.25) is 9.63 Å². The van der Waals surface area contributed by atoms with Gasteiger partial charge < -0.3 is 0 Å². The third-order valence-electron chi connectivity index (χ3n) is 2.79. The lowest BCUT2D eigenvalue weighted by molar-refractivity contribution is -0.165. The first-order chi connectivity index (χ1) is 8.31. The highest BCUT2D eigenvalue weighted by molar-refractivity contribution is 6.43. The van der Waals surface area contributed by atoms with Gasteiger partial charge in [0.25, 0.3) is 5.91 Å². The van der Waals surface area contributed by atoms with Crippen molar-refractivity contribution in [2.24, 2.45) is 5.41 Å². The fraction of sp³-hybridized carbons (Fsp3) is 0.417. The number of carbonyl (C=O) groups is 1. The van der Waals surface area contributed by atoms with E-state index in [4.69, 9.17) is 39.6 Å². The minimum absolute atomic E-state index is 0.0651. The van der Waals surface area contributed by atoms with Crippen LogP contribution in [0.4, 0.5) is 0 Å². The van der Waals surface area contributed by atoms with Gasteiger partial charge in [-0.15, -0.1) is 0 Å². The number of benzene rings is 1. The first-order valence-electron chi connectivity index (χ1n) is 5.39. The van der Waals surface area contributed by atoms with Gasteiger partial charge in [0.1, 0.15) is 0 Å². The molecule has 1 aliphatic rings. The molecule has 0 radical (unpaired) electrons. The van der Waals surface area contributed by atoms with Gasteiger partial charge in [0, 0.05) is 5.02 Å². The lowest BCUT2D eigenvalue weighted by Gasteiger charge is -2.17. The zero-order valence-corrected chi connectivity index (χ0v) is 12.2. The van der Waals surface area contributed by atoms with Crippen molar-refractivity contribution in [2.45, 2.75) is 20.4 Å². The Morgan fingerprint density at radius 3 is 2.39 bits per heavy atom. The van der Waals surface area contributed by atoms with Crippen molar-refractivity contribution < 1.29 is 9.63 Å². The number of amides is 1. The van der Waals surface area contributed by atoms with E-state index in [-0.39, 0.29) is 12.5 Å². The molecule has 0 atom stereocenters. The fourth-order valence-electron chi connectivity index (χ4n) is 1.65. The van der Waals surface area contributed by atoms with Crippen LogP contribution in [-0.4, -0.2) is 17.6 Å². The average molecular weight is 309 g/mol. The van der Waals surface area contributed by atoms with Crippen LogP contribution in [0.5, 0.6) is 0 Å². The molecule has 1 aromatic carbocycles. The molecule has 1 aliphatic heterocycles. The van der Waals surface area contributed by atoms with Crippen molar-refractivity contribution in [3.05, 3.63) is 32.8 Å². The molecule has 0 aromatic heterocycles. The van der Waals surface area contributed by atoms with E-state index in [2.05, 4.69) is 0 Å². The van der Waals surface area contributed by atoms with Gasteiger partial charge in [-0.1, -0.05) is 34.8 Å². The highest BCUT2D eigenvalue weighted by atomic mass is 35.5. The second-order valence-electron chi connectivity index (χ2n) is 4.86. The number of hydrogen-bond donors (Lipinski definition) is 0. The maximum Gasteiger partial charge on any atom is 0.254 e. The Morgan fingerprint density at radius 1 is 1.22 bits per heavy atom. The Bertz CT molecular complexity index is 502. The number of nitrogens with zero attached hydrogens (tertiary/aromatic N) is 1. The number of hydroxylamine groups is 2. The zero-order valence-electron chi connectivity index (χ0n) is 9.97. The Kier molecular flexibility index (Phi) is 3.79. The van der Waals surface area contributed by atoms with Crippen LogP contribution >= 0.6 is 34.8 Å². The third-order valence-corrected chi connectivity index (χ3v) is 3.86. The second kappa shape index (κ2) is 4.89. The highest BCUT2D eigenvalue weighted by Crippen LogP contribution is 2.32. The molecule has 98 valence electrons. The maximum atomic E-state index is 12.0. The summed E-state index contributed by atoms with van der Waals surface area (Å²) in [4.78, 5) is 17.4. The first-order valence-corrected chi connectivity index (χ1v) is 6.53. The van der Waals surface area contributed by atoms with Crippen LogP contribution in [0.15, 0.2) is 12.1 Å². The maximum absolute atomic E-state index is 12.0. The number of carbonyl (C=O) groups excluding carboxylic acids is 1. The Balaban J connectivity index is 2.21. The molecule has 18 heavy (non-hydrogen) atoms. The largest absolute Gasteiger partial charge is 0.272 e. The molecule has 3 nitrogen and oxygen atoms in total. The lowest BCUT2D eigenvalue weighted by Crippen LogP contribution is -2.30. The van der Waals surface area contributed by atoms with Crippen molar-refractivity contribution in [1.82, 2.24) is 5.06 Å². The van der Waals surface area contributed by atoms with Crippen LogP contribution in [0.1, 0.15) is 19.4 Å². The van der Waals surface area contributed by atoms with E-state index in [0.717, 1.165) is 0 Å². The summed E-state index contributed by atoms with van der Waals surface area (Å²) in [7, 11) is 0. The van der Waals surface area contributed by atoms with Crippen LogP contribution in [0.2, 0.25) is 15.1 Å². The molecule has 0 N–H and O–H groups in total. The quantitative estimate of drug-likeness (QED) is 0.774. The van der Waals surface area contributed by atoms with E-state index in [1.165, 1.54) is 5.06 Å². The molecular weight excluding hydrogens is 296 g/mol. The fourth-order valence-corrected chi connectivity index (χ4v) is 2.28. The Labute approximate surface area is 121 Å². The van der Waals surface area contributed by atoms with E-state index >= 15 is 0 Å². The summed E-state index contributed by atoms with van der Waals surface area (Å²) in [6.07, 6.45) is 0. The van der Waals surface area contributed by atoms with Crippen molar-refractivity contribution in [3.8, 4) is 0 Å². The molecule has 0 unspecified atom stereocenters. The average Bonchev–Trinajstić information content (AvgIpc) is 2.53. The van der Waals surface area contributed by atoms with Gasteiger partial charge in [-0.2, -0.15) is 0 Å². The van der Waals surface area contributed by atoms with E-state index in [9.17, 15) is 4.79 Å². The minimum Gasteiger partial charge on any atom is -0.272 e. The molecule has 2 rings (SSSR count). The number of rotatable bonds is 2. The Morgan fingerprint density at radius 2 is 1.83 bits per heavy atom. The monoisotopic (exact) mass is 307 g/mol. The second-order valence-corrected chi connectivity index (χ2v) is 6.08. The summed E-state index contributed by atoms with van der Waals surface area (Å²) in [6, 6.07) is 3.21. The van der Waals surface area contributed by atoms with Crippen LogP contribution in [0.3, 0.4) is 0 Å². The molecule has 1 heterocycles. The molecule has 1 fully saturated rings. The summed E-state index contributed by atoms with van der Waals surface area (Å²) < 4.78 is 0. The summed E-state index contributed by atoms with van der Waals surface area (Å²) in [5.74, 6) is -0.0651. The van der Waals surface area contributed by atoms with Crippen LogP contribution in [0.25, 0.3) is 0 Å². The van der Waals surface area contributed by atoms with Gasteiger partial charge >= 0.3 is 0 Å². The Hall–Kier alpha value is -0.480. The lowest BCUT2D eigenvalue weighted by atomic mass is 9.95. The van der Waals surface area contributed by atoms with Gasteiger partial charge in [0.2, 0.25) is 0 Å². The first kappa shape index (κ1) is 13.9. The topological polar surface area (TPSA) is 29.5 Å². The smallest absolute Gasteiger partial charge is 0.254 e. The van der Waals surface area contributed by atoms with E-state index in [0.29, 0.717) is 27.2 Å². The standard InChI is InChI=1S/C12H12Cl3NO2/c1-12(2)6-18-16(11(12)17)5-7-3-9(14)10(15)4-8(7)13/h3-4H,5-6H2,1-2H3. The van der Waals surface area contributed by atoms with E-state index in [1.54, 1.807) is 12.1 Å². The predicted molar refractivity (Wildman–Crippen MR) is 71.8 cm³/mol. The van der Waals surface area contributed by atoms with Gasteiger partial charge in [0.05, 0.1) is 28.6 Å². The van der Waals surface area contributed by atoms with E-state index < -0.39 is 5.41 Å².